The van der Waals surface area contributed by atoms with Crippen LogP contribution in [0.3, 0.4) is 0 Å². The number of thiol groups is 2. The van der Waals surface area contributed by atoms with Crippen molar-refractivity contribution < 1.29 is 0 Å². The zero-order valence-corrected chi connectivity index (χ0v) is 10.9. The fourth-order valence-corrected chi connectivity index (χ4v) is 9.58. The van der Waals surface area contributed by atoms with Gasteiger partial charge >= 0.3 is 0 Å². The van der Waals surface area contributed by atoms with Crippen LogP contribution in [0.4, 0.5) is 0 Å². The molecule has 0 aromatic carbocycles. The predicted molar refractivity (Wildman–Crippen MR) is 80.4 cm³/mol. The standard InChI is InChI=1S/C12H14S3/c1-3-11-5-7-14(9-11)13-15-8-6-12(4-2)10-15/h3-10,14-15H,1-2H2. The van der Waals surface area contributed by atoms with Crippen molar-refractivity contribution in [3.05, 3.63) is 70.2 Å². The summed E-state index contributed by atoms with van der Waals surface area (Å²) in [5, 5.41) is 9.24. The Morgan fingerprint density at radius 1 is 0.933 bits per heavy atom. The second-order valence-corrected chi connectivity index (χ2v) is 10.3. The van der Waals surface area contributed by atoms with Crippen LogP contribution in [-0.4, -0.2) is 0 Å². The van der Waals surface area contributed by atoms with Gasteiger partial charge in [0.25, 0.3) is 0 Å². The van der Waals surface area contributed by atoms with E-state index in [2.05, 4.69) is 56.8 Å². The maximum atomic E-state index is 3.78. The van der Waals surface area contributed by atoms with Crippen LogP contribution in [0.2, 0.25) is 0 Å². The van der Waals surface area contributed by atoms with Crippen LogP contribution in [0.1, 0.15) is 0 Å². The number of allylic oxidation sites excluding steroid dienone is 6. The Hall–Kier alpha value is -0.510. The van der Waals surface area contributed by atoms with E-state index in [1.165, 1.54) is 11.1 Å². The van der Waals surface area contributed by atoms with Gasteiger partial charge in [-0.05, 0) is 44.9 Å². The fourth-order valence-electron chi connectivity index (χ4n) is 1.24. The fraction of sp³-hybridized carbons (Fsp3) is 0. The zero-order chi connectivity index (χ0) is 10.7. The van der Waals surface area contributed by atoms with E-state index in [1.807, 2.05) is 12.2 Å². The summed E-state index contributed by atoms with van der Waals surface area (Å²) < 4.78 is 0. The number of hydrogen-bond acceptors (Lipinski definition) is 1. The van der Waals surface area contributed by atoms with Gasteiger partial charge in [0.2, 0.25) is 0 Å². The minimum Gasteiger partial charge on any atom is -0.154 e. The Balaban J connectivity index is 1.96. The van der Waals surface area contributed by atoms with Gasteiger partial charge in [0.1, 0.15) is 0 Å². The van der Waals surface area contributed by atoms with Gasteiger partial charge in [-0.3, -0.25) is 0 Å². The van der Waals surface area contributed by atoms with Crippen LogP contribution in [0.15, 0.2) is 70.2 Å². The molecule has 15 heavy (non-hydrogen) atoms. The molecule has 0 aromatic rings. The predicted octanol–water partition coefficient (Wildman–Crippen LogP) is 4.75. The summed E-state index contributed by atoms with van der Waals surface area (Å²) in [6.45, 7) is 7.56. The molecular formula is C12H14S3. The van der Waals surface area contributed by atoms with Gasteiger partial charge in [-0.1, -0.05) is 35.1 Å². The van der Waals surface area contributed by atoms with Gasteiger partial charge in [-0.2, -0.15) is 19.9 Å². The minimum absolute atomic E-state index is 0.124. The van der Waals surface area contributed by atoms with Crippen molar-refractivity contribution in [2.24, 2.45) is 0 Å². The van der Waals surface area contributed by atoms with Gasteiger partial charge in [0.05, 0.1) is 0 Å². The van der Waals surface area contributed by atoms with E-state index in [-0.39, 0.29) is 19.9 Å². The molecule has 80 valence electrons. The van der Waals surface area contributed by atoms with Crippen molar-refractivity contribution in [1.82, 2.24) is 0 Å². The van der Waals surface area contributed by atoms with Crippen LogP contribution in [0, 0.1) is 0 Å². The van der Waals surface area contributed by atoms with Crippen molar-refractivity contribution in [1.29, 1.82) is 0 Å². The monoisotopic (exact) mass is 254 g/mol. The van der Waals surface area contributed by atoms with Gasteiger partial charge in [-0.25, -0.2) is 0 Å². The molecule has 0 saturated heterocycles. The highest BCUT2D eigenvalue weighted by molar-refractivity contribution is 9.20. The molecule has 2 aliphatic rings. The van der Waals surface area contributed by atoms with Crippen molar-refractivity contribution >= 4 is 29.7 Å². The first-order valence-electron chi connectivity index (χ1n) is 4.61. The summed E-state index contributed by atoms with van der Waals surface area (Å²) in [4.78, 5) is 0. The minimum atomic E-state index is -0.124. The molecule has 2 unspecified atom stereocenters. The molecule has 2 aliphatic heterocycles. The highest BCUT2D eigenvalue weighted by atomic mass is 33.5. The van der Waals surface area contributed by atoms with Gasteiger partial charge in [-0.15, -0.1) is 0 Å². The first kappa shape index (κ1) is 11.0. The van der Waals surface area contributed by atoms with E-state index in [1.54, 1.807) is 0 Å². The van der Waals surface area contributed by atoms with Crippen LogP contribution in [-0.2, 0) is 0 Å². The van der Waals surface area contributed by atoms with E-state index in [0.717, 1.165) is 0 Å². The molecule has 0 bridgehead atoms. The summed E-state index contributed by atoms with van der Waals surface area (Å²) in [6, 6.07) is 0. The van der Waals surface area contributed by atoms with E-state index in [0.29, 0.717) is 0 Å². The third-order valence-corrected chi connectivity index (χ3v) is 10.3. The summed E-state index contributed by atoms with van der Waals surface area (Å²) in [5.74, 6) is 0. The smallest absolute Gasteiger partial charge is 0.0201 e. The molecule has 0 N–H and O–H groups in total. The van der Waals surface area contributed by atoms with Gasteiger partial charge in [0, 0.05) is 0 Å². The maximum absolute atomic E-state index is 3.78. The lowest BCUT2D eigenvalue weighted by Gasteiger charge is -2.14. The molecule has 0 aliphatic carbocycles. The molecule has 0 aromatic heterocycles. The largest absolute Gasteiger partial charge is 0.154 e. The van der Waals surface area contributed by atoms with Crippen molar-refractivity contribution in [3.8, 4) is 0 Å². The molecule has 0 radical (unpaired) electrons. The normalized spacial score (nSPS) is 32.5. The van der Waals surface area contributed by atoms with E-state index in [9.17, 15) is 0 Å². The molecular weight excluding hydrogens is 240 g/mol. The third-order valence-electron chi connectivity index (χ3n) is 2.04. The molecule has 0 nitrogen and oxygen atoms in total. The van der Waals surface area contributed by atoms with Crippen LogP contribution < -0.4 is 0 Å². The first-order chi connectivity index (χ1) is 7.31. The summed E-state index contributed by atoms with van der Waals surface area (Å²) in [5.41, 5.74) is 2.53. The lowest BCUT2D eigenvalue weighted by atomic mass is 10.3. The van der Waals surface area contributed by atoms with E-state index < -0.39 is 0 Å². The summed E-state index contributed by atoms with van der Waals surface area (Å²) in [7, 11) is 1.81. The highest BCUT2D eigenvalue weighted by Gasteiger charge is 2.10. The molecule has 0 amide bonds. The third kappa shape index (κ3) is 2.74. The van der Waals surface area contributed by atoms with Crippen LogP contribution in [0.5, 0.6) is 0 Å². The molecule has 2 atom stereocenters. The van der Waals surface area contributed by atoms with Gasteiger partial charge < -0.3 is 0 Å². The topological polar surface area (TPSA) is 0 Å². The molecule has 2 heterocycles. The van der Waals surface area contributed by atoms with Crippen LogP contribution in [0.25, 0.3) is 0 Å². The Kier molecular flexibility index (Phi) is 3.67. The molecule has 3 heteroatoms. The zero-order valence-electron chi connectivity index (χ0n) is 8.34. The summed E-state index contributed by atoms with van der Waals surface area (Å²) >= 11 is 0. The van der Waals surface area contributed by atoms with Crippen molar-refractivity contribution in [2.45, 2.75) is 0 Å². The molecule has 0 saturated carbocycles. The second-order valence-electron chi connectivity index (χ2n) is 3.10. The number of hydrogen-bond donors (Lipinski definition) is 2. The maximum Gasteiger partial charge on any atom is -0.0201 e. The second kappa shape index (κ2) is 5.01. The SMILES string of the molecule is C=CC1=C[SH](S[SH]2C=CC(C=C)=C2)C=C1. The Bertz CT molecular complexity index is 361. The first-order valence-corrected chi connectivity index (χ1v) is 9.60. The quantitative estimate of drug-likeness (QED) is 0.539. The van der Waals surface area contributed by atoms with Gasteiger partial charge in [0.15, 0.2) is 0 Å². The average molecular weight is 254 g/mol. The van der Waals surface area contributed by atoms with Crippen molar-refractivity contribution in [2.75, 3.05) is 0 Å². The Morgan fingerprint density at radius 2 is 1.40 bits per heavy atom. The van der Waals surface area contributed by atoms with Crippen LogP contribution >= 0.6 is 29.7 Å². The summed E-state index contributed by atoms with van der Waals surface area (Å²) in [6.07, 6.45) is 8.17. The van der Waals surface area contributed by atoms with Crippen molar-refractivity contribution in [3.63, 3.8) is 0 Å². The Morgan fingerprint density at radius 3 is 1.73 bits per heavy atom. The average Bonchev–Trinajstić information content (AvgIpc) is 2.87. The van der Waals surface area contributed by atoms with E-state index in [4.69, 9.17) is 0 Å². The molecule has 0 fully saturated rings. The molecule has 0 spiro atoms. The Labute approximate surface area is 99.7 Å². The lowest BCUT2D eigenvalue weighted by molar-refractivity contribution is 1.81. The lowest BCUT2D eigenvalue weighted by Crippen LogP contribution is -1.61. The molecule has 2 rings (SSSR count). The highest BCUT2D eigenvalue weighted by Crippen LogP contribution is 2.63. The number of rotatable bonds is 4. The van der Waals surface area contributed by atoms with E-state index >= 15 is 0 Å².